The number of rotatable bonds is 13. The largest absolute Gasteiger partial charge is 0.491 e. The maximum absolute atomic E-state index is 13.1. The third-order valence-corrected chi connectivity index (χ3v) is 7.59. The Kier molecular flexibility index (Phi) is 9.64. The number of carbonyl (C=O) groups is 2. The summed E-state index contributed by atoms with van der Waals surface area (Å²) < 4.78 is 13.2. The number of primary amides is 1. The number of imidazole rings is 1. The monoisotopic (exact) mass is 542 g/mol. The predicted octanol–water partition coefficient (Wildman–Crippen LogP) is 3.08. The smallest absolute Gasteiger partial charge is 0.276 e. The summed E-state index contributed by atoms with van der Waals surface area (Å²) in [5.41, 5.74) is 8.42. The predicted molar refractivity (Wildman–Crippen MR) is 151 cm³/mol. The standard InChI is InChI=1S/C26H38N8O3S/c1-4-12-33-23-20(30-26(33)31-25(36)21-14-17(3)32-34(21)5-2)15-18(24(27)35)16-22(23)37-13-6-9-29-38-19-7-10-28-11-8-19/h14-16,19,28-29H,4-13H2,1-3H3,(H2,27,35)(H,30,31,36). The molecule has 5 N–H and O–H groups in total. The molecular weight excluding hydrogens is 504 g/mol. The lowest BCUT2D eigenvalue weighted by Crippen LogP contribution is -2.30. The molecule has 1 saturated heterocycles. The molecule has 4 rings (SSSR count). The fourth-order valence-electron chi connectivity index (χ4n) is 4.57. The average molecular weight is 543 g/mol. The summed E-state index contributed by atoms with van der Waals surface area (Å²) in [6, 6.07) is 5.06. The molecular formula is C26H38N8O3S. The number of nitrogens with one attached hydrogen (secondary N) is 3. The Bertz CT molecular complexity index is 1270. The van der Waals surface area contributed by atoms with E-state index in [4.69, 9.17) is 10.5 Å². The van der Waals surface area contributed by atoms with Crippen molar-refractivity contribution in [2.75, 3.05) is 31.6 Å². The van der Waals surface area contributed by atoms with Gasteiger partial charge < -0.3 is 20.4 Å². The number of hydrogen-bond donors (Lipinski definition) is 4. The molecule has 2 aromatic heterocycles. The molecule has 0 atom stereocenters. The molecule has 0 bridgehead atoms. The van der Waals surface area contributed by atoms with Crippen LogP contribution in [0.15, 0.2) is 18.2 Å². The Morgan fingerprint density at radius 3 is 2.74 bits per heavy atom. The minimum atomic E-state index is -0.560. The summed E-state index contributed by atoms with van der Waals surface area (Å²) in [4.78, 5) is 29.9. The molecule has 206 valence electrons. The van der Waals surface area contributed by atoms with Gasteiger partial charge in [-0.25, -0.2) is 4.98 Å². The van der Waals surface area contributed by atoms with Gasteiger partial charge in [0, 0.05) is 30.4 Å². The van der Waals surface area contributed by atoms with Crippen molar-refractivity contribution in [1.82, 2.24) is 29.4 Å². The topological polar surface area (TPSA) is 141 Å². The molecule has 1 aliphatic heterocycles. The molecule has 0 unspecified atom stereocenters. The third-order valence-electron chi connectivity index (χ3n) is 6.42. The van der Waals surface area contributed by atoms with E-state index in [0.29, 0.717) is 53.4 Å². The van der Waals surface area contributed by atoms with Crippen molar-refractivity contribution in [2.45, 2.75) is 64.8 Å². The maximum atomic E-state index is 13.1. The van der Waals surface area contributed by atoms with Crippen molar-refractivity contribution >= 4 is 40.7 Å². The van der Waals surface area contributed by atoms with Gasteiger partial charge >= 0.3 is 0 Å². The first-order valence-corrected chi connectivity index (χ1v) is 14.2. The number of amides is 2. The number of anilines is 1. The van der Waals surface area contributed by atoms with Gasteiger partial charge in [-0.1, -0.05) is 18.9 Å². The lowest BCUT2D eigenvalue weighted by molar-refractivity contribution is 0.0995. The molecule has 12 heteroatoms. The Balaban J connectivity index is 1.52. The lowest BCUT2D eigenvalue weighted by atomic mass is 10.1. The first-order valence-electron chi connectivity index (χ1n) is 13.3. The van der Waals surface area contributed by atoms with Crippen molar-refractivity contribution in [1.29, 1.82) is 0 Å². The first kappa shape index (κ1) is 27.9. The summed E-state index contributed by atoms with van der Waals surface area (Å²) >= 11 is 1.81. The summed E-state index contributed by atoms with van der Waals surface area (Å²) in [5, 5.41) is 11.3. The van der Waals surface area contributed by atoms with E-state index in [2.05, 4.69) is 32.4 Å². The van der Waals surface area contributed by atoms with Crippen LogP contribution in [-0.4, -0.2) is 62.6 Å². The number of nitrogens with two attached hydrogens (primary N) is 1. The Morgan fingerprint density at radius 2 is 2.03 bits per heavy atom. The normalized spacial score (nSPS) is 14.2. The van der Waals surface area contributed by atoms with Gasteiger partial charge in [0.15, 0.2) is 0 Å². The van der Waals surface area contributed by atoms with E-state index in [1.54, 1.807) is 34.8 Å². The fourth-order valence-corrected chi connectivity index (χ4v) is 5.54. The number of carbonyl (C=O) groups excluding carboxylic acids is 2. The maximum Gasteiger partial charge on any atom is 0.276 e. The van der Waals surface area contributed by atoms with Gasteiger partial charge in [-0.2, -0.15) is 5.10 Å². The van der Waals surface area contributed by atoms with Gasteiger partial charge in [-0.3, -0.25) is 24.3 Å². The number of ether oxygens (including phenoxy) is 1. The van der Waals surface area contributed by atoms with Crippen LogP contribution in [0.2, 0.25) is 0 Å². The second-order valence-corrected chi connectivity index (χ2v) is 10.6. The van der Waals surface area contributed by atoms with Crippen LogP contribution < -0.4 is 25.8 Å². The van der Waals surface area contributed by atoms with Gasteiger partial charge in [0.2, 0.25) is 11.9 Å². The van der Waals surface area contributed by atoms with E-state index in [0.717, 1.165) is 43.7 Å². The van der Waals surface area contributed by atoms with Gasteiger partial charge in [0.1, 0.15) is 17.0 Å². The van der Waals surface area contributed by atoms with Crippen molar-refractivity contribution in [3.8, 4) is 5.75 Å². The second kappa shape index (κ2) is 13.1. The van der Waals surface area contributed by atoms with Crippen LogP contribution in [0.3, 0.4) is 0 Å². The number of fused-ring (bicyclic) bond motifs is 1. The van der Waals surface area contributed by atoms with Crippen LogP contribution in [0, 0.1) is 6.92 Å². The van der Waals surface area contributed by atoms with Gasteiger partial charge in [0.25, 0.3) is 5.91 Å². The van der Waals surface area contributed by atoms with E-state index in [-0.39, 0.29) is 5.91 Å². The van der Waals surface area contributed by atoms with Crippen molar-refractivity contribution < 1.29 is 14.3 Å². The number of benzene rings is 1. The molecule has 0 spiro atoms. The van der Waals surface area contributed by atoms with Crippen LogP contribution in [-0.2, 0) is 13.1 Å². The quantitative estimate of drug-likeness (QED) is 0.191. The molecule has 0 radical (unpaired) electrons. The Hall–Kier alpha value is -3.09. The minimum absolute atomic E-state index is 0.296. The van der Waals surface area contributed by atoms with Crippen LogP contribution in [0.25, 0.3) is 11.0 Å². The van der Waals surface area contributed by atoms with Crippen LogP contribution in [0.4, 0.5) is 5.95 Å². The zero-order valence-electron chi connectivity index (χ0n) is 22.4. The summed E-state index contributed by atoms with van der Waals surface area (Å²) in [6.45, 7) is 10.5. The number of nitrogens with zero attached hydrogens (tertiary/aromatic N) is 4. The summed E-state index contributed by atoms with van der Waals surface area (Å²) in [5.74, 6) is 0.0582. The molecule has 3 aromatic rings. The summed E-state index contributed by atoms with van der Waals surface area (Å²) in [6.07, 6.45) is 3.96. The molecule has 11 nitrogen and oxygen atoms in total. The van der Waals surface area contributed by atoms with Gasteiger partial charge in [-0.05, 0) is 70.8 Å². The highest BCUT2D eigenvalue weighted by atomic mass is 32.2. The zero-order valence-corrected chi connectivity index (χ0v) is 23.2. The van der Waals surface area contributed by atoms with Crippen molar-refractivity contribution in [3.05, 3.63) is 35.2 Å². The van der Waals surface area contributed by atoms with E-state index in [9.17, 15) is 9.59 Å². The van der Waals surface area contributed by atoms with Crippen LogP contribution >= 0.6 is 11.9 Å². The Labute approximate surface area is 227 Å². The highest BCUT2D eigenvalue weighted by Crippen LogP contribution is 2.31. The SMILES string of the molecule is CCCn1c(NC(=O)c2cc(C)nn2CC)nc2cc(C(N)=O)cc(OCCCNSC3CCNCC3)c21. The highest BCUT2D eigenvalue weighted by Gasteiger charge is 2.21. The first-order chi connectivity index (χ1) is 18.4. The number of aryl methyl sites for hydroxylation is 3. The van der Waals surface area contributed by atoms with E-state index in [1.165, 1.54) is 12.8 Å². The van der Waals surface area contributed by atoms with Crippen LogP contribution in [0.5, 0.6) is 5.75 Å². The van der Waals surface area contributed by atoms with E-state index < -0.39 is 5.91 Å². The van der Waals surface area contributed by atoms with Gasteiger partial charge in [0.05, 0.1) is 17.8 Å². The van der Waals surface area contributed by atoms with Gasteiger partial charge in [-0.15, -0.1) is 0 Å². The average Bonchev–Trinajstić information content (AvgIpc) is 3.46. The highest BCUT2D eigenvalue weighted by molar-refractivity contribution is 7.98. The van der Waals surface area contributed by atoms with Crippen molar-refractivity contribution in [3.63, 3.8) is 0 Å². The molecule has 1 aliphatic rings. The molecule has 1 aromatic carbocycles. The second-order valence-electron chi connectivity index (χ2n) is 9.40. The fraction of sp³-hybridized carbons (Fsp3) is 0.538. The van der Waals surface area contributed by atoms with E-state index in [1.807, 2.05) is 18.4 Å². The minimum Gasteiger partial charge on any atom is -0.491 e. The van der Waals surface area contributed by atoms with E-state index >= 15 is 0 Å². The number of hydrogen-bond acceptors (Lipinski definition) is 8. The summed E-state index contributed by atoms with van der Waals surface area (Å²) in [7, 11) is 0. The molecule has 1 fully saturated rings. The molecule has 38 heavy (non-hydrogen) atoms. The molecule has 0 aliphatic carbocycles. The molecule has 2 amide bonds. The van der Waals surface area contributed by atoms with Crippen molar-refractivity contribution in [2.24, 2.45) is 5.73 Å². The molecule has 3 heterocycles. The third kappa shape index (κ3) is 6.66. The lowest BCUT2D eigenvalue weighted by Gasteiger charge is -2.22. The Morgan fingerprint density at radius 1 is 1.24 bits per heavy atom. The zero-order chi connectivity index (χ0) is 27.1. The number of piperidine rings is 1. The number of aromatic nitrogens is 4. The molecule has 0 saturated carbocycles. The van der Waals surface area contributed by atoms with Crippen LogP contribution in [0.1, 0.15) is 66.1 Å².